The van der Waals surface area contributed by atoms with Gasteiger partial charge in [0.2, 0.25) is 0 Å². The van der Waals surface area contributed by atoms with Gasteiger partial charge in [0.05, 0.1) is 25.4 Å². The summed E-state index contributed by atoms with van der Waals surface area (Å²) in [5, 5.41) is 16.8. The Morgan fingerprint density at radius 3 is 1.81 bits per heavy atom. The molecule has 6 nitrogen and oxygen atoms in total. The van der Waals surface area contributed by atoms with Gasteiger partial charge in [0, 0.05) is 12.8 Å². The zero-order valence-electron chi connectivity index (χ0n) is 12.5. The highest BCUT2D eigenvalue weighted by atomic mass is 16.6. The molecule has 0 atom stereocenters. The van der Waals surface area contributed by atoms with Crippen molar-refractivity contribution in [3.63, 3.8) is 0 Å². The van der Waals surface area contributed by atoms with Crippen LogP contribution in [-0.2, 0) is 19.1 Å². The van der Waals surface area contributed by atoms with E-state index in [2.05, 4.69) is 0 Å². The number of nitriles is 2. The largest absolute Gasteiger partial charge is 0.465 e. The van der Waals surface area contributed by atoms with E-state index < -0.39 is 17.9 Å². The first kappa shape index (κ1) is 18.9. The molecule has 0 heterocycles. The lowest BCUT2D eigenvalue weighted by molar-refractivity contribution is -0.162. The predicted octanol–water partition coefficient (Wildman–Crippen LogP) is 2.49. The van der Waals surface area contributed by atoms with Crippen molar-refractivity contribution in [2.45, 2.75) is 51.9 Å². The van der Waals surface area contributed by atoms with Crippen molar-refractivity contribution in [3.05, 3.63) is 0 Å². The predicted molar refractivity (Wildman–Crippen MR) is 74.6 cm³/mol. The van der Waals surface area contributed by atoms with E-state index in [1.807, 2.05) is 19.1 Å². The summed E-state index contributed by atoms with van der Waals surface area (Å²) in [6.45, 7) is 2.24. The fourth-order valence-electron chi connectivity index (χ4n) is 1.59. The maximum Gasteiger partial charge on any atom is 0.320 e. The fraction of sp³-hybridized carbons (Fsp3) is 0.733. The summed E-state index contributed by atoms with van der Waals surface area (Å²) in [5.74, 6) is -2.09. The molecule has 0 saturated carbocycles. The van der Waals surface area contributed by atoms with Gasteiger partial charge in [-0.1, -0.05) is 19.8 Å². The van der Waals surface area contributed by atoms with Crippen molar-refractivity contribution in [2.75, 3.05) is 13.2 Å². The van der Waals surface area contributed by atoms with E-state index in [0.29, 0.717) is 32.1 Å². The third kappa shape index (κ3) is 9.45. The standard InChI is InChI=1S/C15H22N2O4/c1-2-3-8-13(14(18)20-11-6-4-9-16)15(19)21-12-7-5-10-17/h13H,2-8,11-12H2,1H3. The van der Waals surface area contributed by atoms with Gasteiger partial charge in [0.25, 0.3) is 0 Å². The molecule has 0 aliphatic heterocycles. The van der Waals surface area contributed by atoms with E-state index in [-0.39, 0.29) is 13.2 Å². The van der Waals surface area contributed by atoms with Gasteiger partial charge in [-0.3, -0.25) is 9.59 Å². The highest BCUT2D eigenvalue weighted by Crippen LogP contribution is 2.13. The van der Waals surface area contributed by atoms with E-state index in [1.54, 1.807) is 0 Å². The molecule has 0 saturated heterocycles. The molecule has 116 valence electrons. The summed E-state index contributed by atoms with van der Waals surface area (Å²) in [5.41, 5.74) is 0. The average molecular weight is 294 g/mol. The number of rotatable bonds is 11. The molecular formula is C15H22N2O4. The summed E-state index contributed by atoms with van der Waals surface area (Å²) in [6.07, 6.45) is 3.52. The second-order valence-corrected chi connectivity index (χ2v) is 4.55. The van der Waals surface area contributed by atoms with Gasteiger partial charge in [0.15, 0.2) is 5.92 Å². The molecule has 0 bridgehead atoms. The van der Waals surface area contributed by atoms with Gasteiger partial charge in [-0.25, -0.2) is 0 Å². The maximum absolute atomic E-state index is 11.9. The Morgan fingerprint density at radius 2 is 1.43 bits per heavy atom. The number of carbonyl (C=O) groups excluding carboxylic acids is 2. The quantitative estimate of drug-likeness (QED) is 0.329. The average Bonchev–Trinajstić information content (AvgIpc) is 2.48. The molecule has 6 heteroatoms. The number of nitrogens with zero attached hydrogens (tertiary/aromatic N) is 2. The van der Waals surface area contributed by atoms with Crippen LogP contribution in [0.2, 0.25) is 0 Å². The van der Waals surface area contributed by atoms with Gasteiger partial charge < -0.3 is 9.47 Å². The molecule has 0 spiro atoms. The number of unbranched alkanes of at least 4 members (excludes halogenated alkanes) is 3. The number of ether oxygens (including phenoxy) is 2. The molecule has 0 aromatic carbocycles. The first-order valence-corrected chi connectivity index (χ1v) is 7.24. The summed E-state index contributed by atoms with van der Waals surface area (Å²) < 4.78 is 10.0. The van der Waals surface area contributed by atoms with Gasteiger partial charge >= 0.3 is 11.9 Å². The minimum atomic E-state index is -0.908. The van der Waals surface area contributed by atoms with E-state index in [0.717, 1.165) is 12.8 Å². The fourth-order valence-corrected chi connectivity index (χ4v) is 1.59. The van der Waals surface area contributed by atoms with Crippen molar-refractivity contribution in [1.29, 1.82) is 10.5 Å². The third-order valence-corrected chi connectivity index (χ3v) is 2.77. The Kier molecular flexibility index (Phi) is 11.6. The minimum absolute atomic E-state index is 0.136. The topological polar surface area (TPSA) is 100 Å². The Morgan fingerprint density at radius 1 is 0.952 bits per heavy atom. The van der Waals surface area contributed by atoms with Gasteiger partial charge in [0.1, 0.15) is 0 Å². The maximum atomic E-state index is 11.9. The van der Waals surface area contributed by atoms with E-state index >= 15 is 0 Å². The van der Waals surface area contributed by atoms with Gasteiger partial charge in [-0.2, -0.15) is 10.5 Å². The van der Waals surface area contributed by atoms with E-state index in [9.17, 15) is 9.59 Å². The Balaban J connectivity index is 4.28. The van der Waals surface area contributed by atoms with E-state index in [1.165, 1.54) is 0 Å². The van der Waals surface area contributed by atoms with Crippen molar-refractivity contribution in [1.82, 2.24) is 0 Å². The first-order valence-electron chi connectivity index (χ1n) is 7.24. The summed E-state index contributed by atoms with van der Waals surface area (Å²) >= 11 is 0. The Bertz CT molecular complexity index is 361. The van der Waals surface area contributed by atoms with Crippen molar-refractivity contribution in [2.24, 2.45) is 5.92 Å². The van der Waals surface area contributed by atoms with Crippen molar-refractivity contribution in [3.8, 4) is 12.1 Å². The highest BCUT2D eigenvalue weighted by Gasteiger charge is 2.29. The number of esters is 2. The molecule has 0 aliphatic carbocycles. The lowest BCUT2D eigenvalue weighted by Gasteiger charge is -2.14. The molecule has 0 rings (SSSR count). The number of carbonyl (C=O) groups is 2. The molecule has 0 aromatic rings. The number of hydrogen-bond acceptors (Lipinski definition) is 6. The molecule has 0 N–H and O–H groups in total. The van der Waals surface area contributed by atoms with Crippen LogP contribution in [0.3, 0.4) is 0 Å². The van der Waals surface area contributed by atoms with Crippen LogP contribution in [0.5, 0.6) is 0 Å². The van der Waals surface area contributed by atoms with Crippen LogP contribution in [0.15, 0.2) is 0 Å². The summed E-state index contributed by atoms with van der Waals surface area (Å²) in [4.78, 5) is 23.8. The van der Waals surface area contributed by atoms with Gasteiger partial charge in [-0.05, 0) is 19.3 Å². The van der Waals surface area contributed by atoms with Crippen LogP contribution < -0.4 is 0 Å². The molecule has 0 amide bonds. The smallest absolute Gasteiger partial charge is 0.320 e. The first-order chi connectivity index (χ1) is 10.2. The van der Waals surface area contributed by atoms with Crippen molar-refractivity contribution < 1.29 is 19.1 Å². The second kappa shape index (κ2) is 12.9. The van der Waals surface area contributed by atoms with Crippen LogP contribution >= 0.6 is 0 Å². The normalized spacial score (nSPS) is 9.71. The lowest BCUT2D eigenvalue weighted by atomic mass is 10.0. The molecule has 0 radical (unpaired) electrons. The molecule has 0 aliphatic rings. The number of hydrogen-bond donors (Lipinski definition) is 0. The van der Waals surface area contributed by atoms with Gasteiger partial charge in [-0.15, -0.1) is 0 Å². The third-order valence-electron chi connectivity index (χ3n) is 2.77. The highest BCUT2D eigenvalue weighted by molar-refractivity contribution is 5.94. The molecule has 21 heavy (non-hydrogen) atoms. The van der Waals surface area contributed by atoms with Crippen LogP contribution in [0.4, 0.5) is 0 Å². The molecular weight excluding hydrogens is 272 g/mol. The van der Waals surface area contributed by atoms with Crippen molar-refractivity contribution >= 4 is 11.9 Å². The Labute approximate surface area is 125 Å². The molecule has 0 aromatic heterocycles. The van der Waals surface area contributed by atoms with Crippen LogP contribution in [0, 0.1) is 28.6 Å². The molecule has 0 unspecified atom stereocenters. The summed E-state index contributed by atoms with van der Waals surface area (Å²) in [6, 6.07) is 3.92. The van der Waals surface area contributed by atoms with Crippen LogP contribution in [0.25, 0.3) is 0 Å². The minimum Gasteiger partial charge on any atom is -0.465 e. The second-order valence-electron chi connectivity index (χ2n) is 4.55. The Hall–Kier alpha value is -2.08. The van der Waals surface area contributed by atoms with Crippen LogP contribution in [-0.4, -0.2) is 25.2 Å². The zero-order valence-corrected chi connectivity index (χ0v) is 12.5. The van der Waals surface area contributed by atoms with Crippen LogP contribution in [0.1, 0.15) is 51.9 Å². The van der Waals surface area contributed by atoms with E-state index in [4.69, 9.17) is 20.0 Å². The SMILES string of the molecule is CCCCC(C(=O)OCCCC#N)C(=O)OCCCC#N. The monoisotopic (exact) mass is 294 g/mol. The molecule has 0 fully saturated rings. The summed E-state index contributed by atoms with van der Waals surface area (Å²) in [7, 11) is 0. The zero-order chi connectivity index (χ0) is 15.9. The lowest BCUT2D eigenvalue weighted by Crippen LogP contribution is -2.28.